The van der Waals surface area contributed by atoms with Crippen LogP contribution in [0.1, 0.15) is 27.4 Å². The molecule has 0 radical (unpaired) electrons. The van der Waals surface area contributed by atoms with Gasteiger partial charge in [-0.05, 0) is 35.4 Å². The Bertz CT molecular complexity index is 1060. The Balaban J connectivity index is 2.00. The van der Waals surface area contributed by atoms with Gasteiger partial charge in [0.1, 0.15) is 0 Å². The predicted molar refractivity (Wildman–Crippen MR) is 106 cm³/mol. The van der Waals surface area contributed by atoms with Gasteiger partial charge in [0, 0.05) is 55.7 Å². The third-order valence-electron chi connectivity index (χ3n) is 4.29. The zero-order chi connectivity index (χ0) is 18.4. The highest BCUT2D eigenvalue weighted by Gasteiger charge is 2.39. The first-order chi connectivity index (χ1) is 12.5. The lowest BCUT2D eigenvalue weighted by Crippen LogP contribution is -2.05. The van der Waals surface area contributed by atoms with Gasteiger partial charge in [0.15, 0.2) is 5.78 Å². The smallest absolute Gasteiger partial charge is 0.191 e. The van der Waals surface area contributed by atoms with Crippen LogP contribution in [-0.4, -0.2) is 15.3 Å². The van der Waals surface area contributed by atoms with E-state index in [-0.39, 0.29) is 5.78 Å². The number of allylic oxidation sites excluding steroid dienone is 1. The van der Waals surface area contributed by atoms with Crippen molar-refractivity contribution in [1.29, 1.82) is 0 Å². The zero-order valence-electron chi connectivity index (χ0n) is 13.1. The van der Waals surface area contributed by atoms with Crippen LogP contribution in [0.3, 0.4) is 0 Å². The fourth-order valence-electron chi connectivity index (χ4n) is 3.21. The SMILES string of the molecule is O=C1/C(=C/n2ccnc2)C(c2ccc(Cl)cc2Cl)c2c(Cl)cc(Cl)cc21. The highest BCUT2D eigenvalue weighted by Crippen LogP contribution is 2.48. The number of hydrogen-bond acceptors (Lipinski definition) is 2. The summed E-state index contributed by atoms with van der Waals surface area (Å²) >= 11 is 25.1. The van der Waals surface area contributed by atoms with E-state index in [2.05, 4.69) is 4.98 Å². The maximum absolute atomic E-state index is 13.1. The molecule has 0 saturated heterocycles. The van der Waals surface area contributed by atoms with Gasteiger partial charge in [-0.3, -0.25) is 4.79 Å². The van der Waals surface area contributed by atoms with E-state index in [4.69, 9.17) is 46.4 Å². The number of benzene rings is 2. The van der Waals surface area contributed by atoms with Crippen LogP contribution in [0, 0.1) is 0 Å². The van der Waals surface area contributed by atoms with Crippen molar-refractivity contribution in [2.75, 3.05) is 0 Å². The summed E-state index contributed by atoms with van der Waals surface area (Å²) in [5.74, 6) is -0.566. The van der Waals surface area contributed by atoms with Gasteiger partial charge < -0.3 is 4.57 Å². The molecule has 3 aromatic rings. The lowest BCUT2D eigenvalue weighted by Gasteiger charge is -2.17. The number of ketones is 1. The lowest BCUT2D eigenvalue weighted by atomic mass is 9.90. The van der Waals surface area contributed by atoms with E-state index in [0.717, 1.165) is 5.56 Å². The number of imidazole rings is 1. The molecule has 7 heteroatoms. The number of carbonyl (C=O) groups is 1. The van der Waals surface area contributed by atoms with Crippen molar-refractivity contribution in [3.05, 3.63) is 91.4 Å². The minimum absolute atomic E-state index is 0.144. The molecule has 1 unspecified atom stereocenters. The van der Waals surface area contributed by atoms with Gasteiger partial charge in [-0.15, -0.1) is 0 Å². The standard InChI is InChI=1S/C19H10Cl4N2O/c20-10-1-2-12(15(22)6-10)17-14(8-25-4-3-24-9-25)19(26)13-5-11(21)7-16(23)18(13)17/h1-9,17H/b14-8+. The van der Waals surface area contributed by atoms with Crippen molar-refractivity contribution < 1.29 is 4.79 Å². The van der Waals surface area contributed by atoms with Crippen LogP contribution in [-0.2, 0) is 0 Å². The van der Waals surface area contributed by atoms with Crippen LogP contribution in [0.4, 0.5) is 0 Å². The molecule has 0 saturated carbocycles. The molecule has 1 aliphatic carbocycles. The van der Waals surface area contributed by atoms with Crippen LogP contribution in [0.15, 0.2) is 54.6 Å². The number of Topliss-reactive ketones (excluding diaryl/α,β-unsaturated/α-hetero) is 1. The minimum atomic E-state index is -0.422. The average Bonchev–Trinajstić information content (AvgIpc) is 3.17. The molecule has 0 fully saturated rings. The molecule has 1 aromatic heterocycles. The topological polar surface area (TPSA) is 34.9 Å². The number of carbonyl (C=O) groups excluding carboxylic acids is 1. The van der Waals surface area contributed by atoms with Gasteiger partial charge in [-0.2, -0.15) is 0 Å². The summed E-state index contributed by atoms with van der Waals surface area (Å²) in [4.78, 5) is 17.1. The molecule has 1 heterocycles. The Hall–Kier alpha value is -1.78. The van der Waals surface area contributed by atoms with Crippen molar-refractivity contribution in [1.82, 2.24) is 9.55 Å². The lowest BCUT2D eigenvalue weighted by molar-refractivity contribution is 0.103. The molecule has 0 spiro atoms. The van der Waals surface area contributed by atoms with E-state index >= 15 is 0 Å². The van der Waals surface area contributed by atoms with Crippen LogP contribution in [0.5, 0.6) is 0 Å². The van der Waals surface area contributed by atoms with Crippen molar-refractivity contribution in [2.24, 2.45) is 0 Å². The number of fused-ring (bicyclic) bond motifs is 1. The summed E-state index contributed by atoms with van der Waals surface area (Å²) in [5.41, 5.74) is 2.45. The largest absolute Gasteiger partial charge is 0.313 e. The number of hydrogen-bond donors (Lipinski definition) is 0. The van der Waals surface area contributed by atoms with E-state index in [1.54, 1.807) is 53.8 Å². The fraction of sp³-hybridized carbons (Fsp3) is 0.0526. The number of rotatable bonds is 2. The van der Waals surface area contributed by atoms with Crippen LogP contribution in [0.2, 0.25) is 20.1 Å². The Morgan fingerprint density at radius 1 is 1.00 bits per heavy atom. The molecular weight excluding hydrogens is 414 g/mol. The highest BCUT2D eigenvalue weighted by atomic mass is 35.5. The number of aromatic nitrogens is 2. The van der Waals surface area contributed by atoms with Gasteiger partial charge in [-0.1, -0.05) is 52.5 Å². The molecule has 0 amide bonds. The molecule has 2 aromatic carbocycles. The monoisotopic (exact) mass is 422 g/mol. The average molecular weight is 424 g/mol. The van der Waals surface area contributed by atoms with Crippen LogP contribution in [0.25, 0.3) is 6.20 Å². The summed E-state index contributed by atoms with van der Waals surface area (Å²) in [6.07, 6.45) is 6.73. The van der Waals surface area contributed by atoms with E-state index in [9.17, 15) is 4.79 Å². The van der Waals surface area contributed by atoms with Gasteiger partial charge in [0.2, 0.25) is 0 Å². The Morgan fingerprint density at radius 3 is 2.46 bits per heavy atom. The molecular formula is C19H10Cl4N2O. The molecule has 26 heavy (non-hydrogen) atoms. The fourth-order valence-corrected chi connectivity index (χ4v) is 4.33. The summed E-state index contributed by atoms with van der Waals surface area (Å²) in [7, 11) is 0. The second kappa shape index (κ2) is 6.75. The molecule has 1 aliphatic rings. The zero-order valence-corrected chi connectivity index (χ0v) is 16.1. The van der Waals surface area contributed by atoms with Gasteiger partial charge in [0.05, 0.1) is 6.33 Å². The Morgan fingerprint density at radius 2 is 1.77 bits per heavy atom. The molecule has 1 atom stereocenters. The second-order valence-electron chi connectivity index (χ2n) is 5.87. The summed E-state index contributed by atoms with van der Waals surface area (Å²) in [5, 5.41) is 1.81. The second-order valence-corrected chi connectivity index (χ2v) is 7.56. The van der Waals surface area contributed by atoms with E-state index in [0.29, 0.717) is 36.8 Å². The van der Waals surface area contributed by atoms with Crippen molar-refractivity contribution >= 4 is 58.4 Å². The van der Waals surface area contributed by atoms with Gasteiger partial charge >= 0.3 is 0 Å². The molecule has 0 N–H and O–H groups in total. The Labute approximate surface area is 169 Å². The van der Waals surface area contributed by atoms with Gasteiger partial charge in [0.25, 0.3) is 0 Å². The van der Waals surface area contributed by atoms with E-state index in [1.165, 1.54) is 0 Å². The van der Waals surface area contributed by atoms with Crippen LogP contribution >= 0.6 is 46.4 Å². The van der Waals surface area contributed by atoms with E-state index in [1.807, 2.05) is 6.07 Å². The summed E-state index contributed by atoms with van der Waals surface area (Å²) in [6, 6.07) is 8.47. The molecule has 130 valence electrons. The third-order valence-corrected chi connectivity index (χ3v) is 5.38. The van der Waals surface area contributed by atoms with E-state index < -0.39 is 5.92 Å². The molecule has 4 rings (SSSR count). The normalized spacial score (nSPS) is 17.8. The summed E-state index contributed by atoms with van der Waals surface area (Å²) in [6.45, 7) is 0. The first-order valence-corrected chi connectivity index (χ1v) is 9.14. The summed E-state index contributed by atoms with van der Waals surface area (Å²) < 4.78 is 1.71. The first-order valence-electron chi connectivity index (χ1n) is 7.63. The maximum Gasteiger partial charge on any atom is 0.191 e. The highest BCUT2D eigenvalue weighted by molar-refractivity contribution is 6.38. The number of halogens is 4. The first kappa shape index (κ1) is 17.6. The van der Waals surface area contributed by atoms with Gasteiger partial charge in [-0.25, -0.2) is 4.98 Å². The molecule has 0 aliphatic heterocycles. The molecule has 3 nitrogen and oxygen atoms in total. The predicted octanol–water partition coefficient (Wildman–Crippen LogP) is 6.37. The molecule has 0 bridgehead atoms. The minimum Gasteiger partial charge on any atom is -0.313 e. The quantitative estimate of drug-likeness (QED) is 0.449. The maximum atomic E-state index is 13.1. The van der Waals surface area contributed by atoms with Crippen LogP contribution < -0.4 is 0 Å². The number of nitrogens with zero attached hydrogens (tertiary/aromatic N) is 2. The third kappa shape index (κ3) is 2.95. The van der Waals surface area contributed by atoms with Crippen molar-refractivity contribution in [3.8, 4) is 0 Å². The Kier molecular flexibility index (Phi) is 4.57. The van der Waals surface area contributed by atoms with Crippen molar-refractivity contribution in [3.63, 3.8) is 0 Å². The van der Waals surface area contributed by atoms with Crippen molar-refractivity contribution in [2.45, 2.75) is 5.92 Å².